The Hall–Kier alpha value is -0.570. The molecule has 0 aromatic carbocycles. The number of rotatable bonds is 4. The molecule has 0 saturated heterocycles. The van der Waals surface area contributed by atoms with Gasteiger partial charge < -0.3 is 10.2 Å². The third kappa shape index (κ3) is 3.07. The monoisotopic (exact) mass is 376 g/mol. The lowest BCUT2D eigenvalue weighted by molar-refractivity contribution is -0.164. The maximum absolute atomic E-state index is 11.2. The smallest absolute Gasteiger partial charge is 0.303 e. The van der Waals surface area contributed by atoms with E-state index in [1.165, 1.54) is 51.4 Å². The van der Waals surface area contributed by atoms with Gasteiger partial charge in [0.05, 0.1) is 6.10 Å². The zero-order valence-corrected chi connectivity index (χ0v) is 17.6. The first-order valence-corrected chi connectivity index (χ1v) is 11.7. The Bertz CT molecular complexity index is 574. The zero-order valence-electron chi connectivity index (χ0n) is 17.6. The van der Waals surface area contributed by atoms with E-state index in [1.54, 1.807) is 0 Å². The van der Waals surface area contributed by atoms with Crippen LogP contribution >= 0.6 is 0 Å². The second-order valence-corrected chi connectivity index (χ2v) is 11.2. The highest BCUT2D eigenvalue weighted by molar-refractivity contribution is 5.66. The molecular formula is C24H40O3. The maximum Gasteiger partial charge on any atom is 0.303 e. The molecule has 3 nitrogen and oxygen atoms in total. The van der Waals surface area contributed by atoms with E-state index in [4.69, 9.17) is 5.11 Å². The average molecular weight is 377 g/mol. The molecule has 3 unspecified atom stereocenters. The van der Waals surface area contributed by atoms with Crippen LogP contribution < -0.4 is 0 Å². The lowest BCUT2D eigenvalue weighted by atomic mass is 9.44. The molecule has 4 fully saturated rings. The summed E-state index contributed by atoms with van der Waals surface area (Å²) in [6, 6.07) is 0. The van der Waals surface area contributed by atoms with Crippen LogP contribution in [0.5, 0.6) is 0 Å². The molecule has 0 bridgehead atoms. The van der Waals surface area contributed by atoms with Crippen molar-refractivity contribution >= 4 is 5.97 Å². The number of carbonyl (C=O) groups is 1. The Balaban J connectivity index is 1.56. The third-order valence-corrected chi connectivity index (χ3v) is 10.2. The summed E-state index contributed by atoms with van der Waals surface area (Å²) in [5.74, 6) is 3.02. The molecule has 27 heavy (non-hydrogen) atoms. The summed E-state index contributed by atoms with van der Waals surface area (Å²) in [4.78, 5) is 11.0. The van der Waals surface area contributed by atoms with E-state index >= 15 is 0 Å². The minimum Gasteiger partial charge on any atom is -0.481 e. The molecule has 0 heterocycles. The van der Waals surface area contributed by atoms with Gasteiger partial charge in [-0.05, 0) is 97.7 Å². The van der Waals surface area contributed by atoms with Gasteiger partial charge in [0.1, 0.15) is 0 Å². The minimum absolute atomic E-state index is 0.108. The summed E-state index contributed by atoms with van der Waals surface area (Å²) in [5.41, 5.74) is 0.758. The van der Waals surface area contributed by atoms with Gasteiger partial charge in [0.25, 0.3) is 0 Å². The Kier molecular flexibility index (Phi) is 5.15. The average Bonchev–Trinajstić information content (AvgIpc) is 2.97. The summed E-state index contributed by atoms with van der Waals surface area (Å²) in [7, 11) is 0. The van der Waals surface area contributed by atoms with Crippen molar-refractivity contribution in [1.82, 2.24) is 0 Å². The molecule has 2 N–H and O–H groups in total. The number of carboxylic acids is 1. The van der Waals surface area contributed by atoms with Crippen LogP contribution in [-0.2, 0) is 4.79 Å². The van der Waals surface area contributed by atoms with Gasteiger partial charge in [-0.1, -0.05) is 33.6 Å². The highest BCUT2D eigenvalue weighted by atomic mass is 16.4. The van der Waals surface area contributed by atoms with Crippen LogP contribution in [0.4, 0.5) is 0 Å². The van der Waals surface area contributed by atoms with Crippen LogP contribution in [0.3, 0.4) is 0 Å². The van der Waals surface area contributed by atoms with Crippen molar-refractivity contribution < 1.29 is 15.0 Å². The van der Waals surface area contributed by atoms with Gasteiger partial charge in [-0.25, -0.2) is 0 Å². The molecular weight excluding hydrogens is 336 g/mol. The van der Waals surface area contributed by atoms with E-state index < -0.39 is 5.97 Å². The van der Waals surface area contributed by atoms with Gasteiger partial charge in [-0.2, -0.15) is 0 Å². The van der Waals surface area contributed by atoms with Crippen molar-refractivity contribution in [3.63, 3.8) is 0 Å². The number of hydrogen-bond donors (Lipinski definition) is 2. The normalized spacial score (nSPS) is 50.4. The Morgan fingerprint density at radius 1 is 1.04 bits per heavy atom. The summed E-state index contributed by atoms with van der Waals surface area (Å²) in [5, 5.41) is 20.3. The molecule has 0 amide bonds. The number of aliphatic carboxylic acids is 1. The first-order chi connectivity index (χ1) is 12.8. The van der Waals surface area contributed by atoms with Crippen molar-refractivity contribution in [2.24, 2.45) is 46.3 Å². The van der Waals surface area contributed by atoms with Gasteiger partial charge in [0, 0.05) is 6.42 Å². The largest absolute Gasteiger partial charge is 0.481 e. The minimum atomic E-state index is -0.663. The van der Waals surface area contributed by atoms with Gasteiger partial charge in [0.15, 0.2) is 0 Å². The van der Waals surface area contributed by atoms with E-state index in [-0.39, 0.29) is 6.10 Å². The summed E-state index contributed by atoms with van der Waals surface area (Å²) >= 11 is 0. The molecule has 4 aliphatic carbocycles. The number of hydrogen-bond acceptors (Lipinski definition) is 2. The second-order valence-electron chi connectivity index (χ2n) is 11.2. The molecule has 0 radical (unpaired) electrons. The molecule has 154 valence electrons. The van der Waals surface area contributed by atoms with Crippen molar-refractivity contribution in [3.8, 4) is 0 Å². The number of aliphatic hydroxyl groups excluding tert-OH is 1. The van der Waals surface area contributed by atoms with Crippen molar-refractivity contribution in [2.75, 3.05) is 0 Å². The van der Waals surface area contributed by atoms with Gasteiger partial charge >= 0.3 is 5.97 Å². The molecule has 4 saturated carbocycles. The number of carboxylic acid groups (broad SMARTS) is 1. The highest BCUT2D eigenvalue weighted by Crippen LogP contribution is 2.68. The Morgan fingerprint density at radius 2 is 1.78 bits per heavy atom. The SMILES string of the molecule is C[C@H](CCC(=O)O)[C@H]1CC[C@@H]2C3[C@@H](CCC21C)[C@@]1(C)CCCCC1C[C@@H]3O. The Morgan fingerprint density at radius 3 is 2.52 bits per heavy atom. The molecule has 4 aliphatic rings. The third-order valence-electron chi connectivity index (χ3n) is 10.2. The van der Waals surface area contributed by atoms with Crippen LogP contribution in [-0.4, -0.2) is 22.3 Å². The van der Waals surface area contributed by atoms with E-state index in [9.17, 15) is 9.90 Å². The predicted octanol–water partition coefficient (Wildman–Crippen LogP) is 5.51. The number of aliphatic hydroxyl groups is 1. The standard InChI is InChI=1S/C24H40O3/c1-15(7-10-21(26)27)17-8-9-18-22-19(11-13-24(17,18)3)23(2)12-5-4-6-16(23)14-20(22)25/h15-20,22,25H,4-14H2,1-3H3,(H,26,27)/t15-,16?,17-,18-,19-,20+,22?,23+,24?/m1/s1. The van der Waals surface area contributed by atoms with Crippen LogP contribution in [0.25, 0.3) is 0 Å². The van der Waals surface area contributed by atoms with E-state index in [2.05, 4.69) is 20.8 Å². The molecule has 3 heteroatoms. The van der Waals surface area contributed by atoms with Crippen LogP contribution in [0.1, 0.15) is 91.4 Å². The van der Waals surface area contributed by atoms with E-state index in [1.807, 2.05) is 0 Å². The lowest BCUT2D eigenvalue weighted by Crippen LogP contribution is -2.57. The molecule has 0 aromatic heterocycles. The summed E-state index contributed by atoms with van der Waals surface area (Å²) < 4.78 is 0. The summed E-state index contributed by atoms with van der Waals surface area (Å²) in [6.45, 7) is 7.33. The first kappa shape index (κ1) is 19.7. The van der Waals surface area contributed by atoms with E-state index in [0.29, 0.717) is 46.8 Å². The van der Waals surface area contributed by atoms with Crippen LogP contribution in [0.15, 0.2) is 0 Å². The quantitative estimate of drug-likeness (QED) is 0.680. The molecule has 9 atom stereocenters. The molecule has 0 aliphatic heterocycles. The van der Waals surface area contributed by atoms with Crippen molar-refractivity contribution in [2.45, 2.75) is 97.5 Å². The van der Waals surface area contributed by atoms with Crippen LogP contribution in [0, 0.1) is 46.3 Å². The fraction of sp³-hybridized carbons (Fsp3) is 0.958. The number of fused-ring (bicyclic) bond motifs is 5. The van der Waals surface area contributed by atoms with Crippen molar-refractivity contribution in [3.05, 3.63) is 0 Å². The molecule has 4 rings (SSSR count). The van der Waals surface area contributed by atoms with Gasteiger partial charge in [0.2, 0.25) is 0 Å². The molecule has 0 aromatic rings. The topological polar surface area (TPSA) is 57.5 Å². The van der Waals surface area contributed by atoms with E-state index in [0.717, 1.165) is 18.8 Å². The second kappa shape index (κ2) is 7.04. The predicted molar refractivity (Wildman–Crippen MR) is 107 cm³/mol. The fourth-order valence-electron chi connectivity index (χ4n) is 8.78. The molecule has 0 spiro atoms. The van der Waals surface area contributed by atoms with Gasteiger partial charge in [-0.15, -0.1) is 0 Å². The first-order valence-electron chi connectivity index (χ1n) is 11.7. The lowest BCUT2D eigenvalue weighted by Gasteiger charge is -2.62. The summed E-state index contributed by atoms with van der Waals surface area (Å²) in [6.07, 6.45) is 12.5. The van der Waals surface area contributed by atoms with Gasteiger partial charge in [-0.3, -0.25) is 4.79 Å². The zero-order chi connectivity index (χ0) is 19.4. The van der Waals surface area contributed by atoms with Crippen LogP contribution in [0.2, 0.25) is 0 Å². The maximum atomic E-state index is 11.2. The highest BCUT2D eigenvalue weighted by Gasteiger charge is 2.62. The van der Waals surface area contributed by atoms with Crippen molar-refractivity contribution in [1.29, 1.82) is 0 Å². The fourth-order valence-corrected chi connectivity index (χ4v) is 8.78. The Labute approximate surface area is 165 Å².